The molecule has 1 aromatic carbocycles. The number of rotatable bonds is 5. The van der Waals surface area contributed by atoms with Crippen LogP contribution in [0, 0.1) is 15.9 Å². The standard InChI is InChI=1S/C13H11FN4O3S/c14-10-3-1-9(2-4-10)7-15-13(22)17-16-8-11-5-6-12(21-11)18(19)20/h1-6,8H,7H2,(H2,15,17,22)/b16-8-. The zero-order chi connectivity index (χ0) is 15.9. The highest BCUT2D eigenvalue weighted by molar-refractivity contribution is 7.80. The zero-order valence-electron chi connectivity index (χ0n) is 11.2. The van der Waals surface area contributed by atoms with Gasteiger partial charge in [-0.2, -0.15) is 5.10 Å². The number of hydrazone groups is 1. The van der Waals surface area contributed by atoms with Gasteiger partial charge in [0.25, 0.3) is 0 Å². The van der Waals surface area contributed by atoms with Gasteiger partial charge >= 0.3 is 5.88 Å². The fourth-order valence-corrected chi connectivity index (χ4v) is 1.61. The first-order valence-corrected chi connectivity index (χ1v) is 6.51. The molecule has 2 aromatic rings. The predicted molar refractivity (Wildman–Crippen MR) is 81.9 cm³/mol. The van der Waals surface area contributed by atoms with Gasteiger partial charge in [-0.25, -0.2) is 4.39 Å². The fourth-order valence-electron chi connectivity index (χ4n) is 1.49. The van der Waals surface area contributed by atoms with E-state index in [4.69, 9.17) is 16.6 Å². The summed E-state index contributed by atoms with van der Waals surface area (Å²) >= 11 is 4.99. The molecule has 0 aliphatic rings. The van der Waals surface area contributed by atoms with Gasteiger partial charge in [-0.15, -0.1) is 0 Å². The Morgan fingerprint density at radius 3 is 2.73 bits per heavy atom. The van der Waals surface area contributed by atoms with Crippen LogP contribution in [0.1, 0.15) is 11.3 Å². The molecule has 0 unspecified atom stereocenters. The van der Waals surface area contributed by atoms with Crippen LogP contribution in [0.15, 0.2) is 45.9 Å². The van der Waals surface area contributed by atoms with Crippen molar-refractivity contribution >= 4 is 29.4 Å². The smallest absolute Gasteiger partial charge is 0.400 e. The maximum atomic E-state index is 12.7. The average molecular weight is 322 g/mol. The highest BCUT2D eigenvalue weighted by Gasteiger charge is 2.10. The lowest BCUT2D eigenvalue weighted by atomic mass is 10.2. The number of nitro groups is 1. The normalized spacial score (nSPS) is 10.6. The third-order valence-electron chi connectivity index (χ3n) is 2.52. The van der Waals surface area contributed by atoms with Crippen LogP contribution < -0.4 is 10.7 Å². The molecule has 0 radical (unpaired) electrons. The summed E-state index contributed by atoms with van der Waals surface area (Å²) in [7, 11) is 0. The molecular weight excluding hydrogens is 311 g/mol. The van der Waals surface area contributed by atoms with Crippen molar-refractivity contribution in [3.8, 4) is 0 Å². The highest BCUT2D eigenvalue weighted by Crippen LogP contribution is 2.13. The quantitative estimate of drug-likeness (QED) is 0.380. The van der Waals surface area contributed by atoms with Crippen molar-refractivity contribution in [2.24, 2.45) is 5.10 Å². The number of furan rings is 1. The minimum atomic E-state index is -0.639. The number of halogens is 1. The SMILES string of the molecule is O=[N+]([O-])c1ccc(/C=N\NC(=S)NCc2ccc(F)cc2)o1. The Kier molecular flexibility index (Phi) is 5.15. The molecule has 0 aliphatic carbocycles. The Morgan fingerprint density at radius 1 is 1.36 bits per heavy atom. The van der Waals surface area contributed by atoms with Gasteiger partial charge in [0.1, 0.15) is 10.7 Å². The van der Waals surface area contributed by atoms with E-state index in [0.29, 0.717) is 6.54 Å². The van der Waals surface area contributed by atoms with E-state index in [1.54, 1.807) is 12.1 Å². The van der Waals surface area contributed by atoms with Crippen LogP contribution in [0.4, 0.5) is 10.3 Å². The number of nitrogens with zero attached hydrogens (tertiary/aromatic N) is 2. The minimum absolute atomic E-state index is 0.223. The van der Waals surface area contributed by atoms with Crippen LogP contribution in [-0.4, -0.2) is 16.3 Å². The van der Waals surface area contributed by atoms with Gasteiger partial charge in [-0.05, 0) is 36.0 Å². The maximum absolute atomic E-state index is 12.7. The summed E-state index contributed by atoms with van der Waals surface area (Å²) in [6.07, 6.45) is 1.26. The van der Waals surface area contributed by atoms with Crippen molar-refractivity contribution in [3.05, 3.63) is 63.7 Å². The second kappa shape index (κ2) is 7.27. The van der Waals surface area contributed by atoms with Gasteiger partial charge in [0.2, 0.25) is 0 Å². The molecule has 7 nitrogen and oxygen atoms in total. The number of nitrogens with one attached hydrogen (secondary N) is 2. The lowest BCUT2D eigenvalue weighted by Crippen LogP contribution is -2.31. The van der Waals surface area contributed by atoms with E-state index in [9.17, 15) is 14.5 Å². The van der Waals surface area contributed by atoms with Gasteiger partial charge in [-0.3, -0.25) is 15.5 Å². The molecule has 0 bridgehead atoms. The fraction of sp³-hybridized carbons (Fsp3) is 0.0769. The molecule has 0 aliphatic heterocycles. The van der Waals surface area contributed by atoms with E-state index >= 15 is 0 Å². The largest absolute Gasteiger partial charge is 0.433 e. The second-order valence-electron chi connectivity index (χ2n) is 4.11. The topological polar surface area (TPSA) is 92.7 Å². The van der Waals surface area contributed by atoms with Crippen LogP contribution in [0.5, 0.6) is 0 Å². The summed E-state index contributed by atoms with van der Waals surface area (Å²) in [5.41, 5.74) is 3.39. The summed E-state index contributed by atoms with van der Waals surface area (Å²) < 4.78 is 17.6. The molecule has 0 fully saturated rings. The van der Waals surface area contributed by atoms with Gasteiger partial charge in [0.05, 0.1) is 12.3 Å². The van der Waals surface area contributed by atoms with Crippen LogP contribution in [-0.2, 0) is 6.54 Å². The van der Waals surface area contributed by atoms with Crippen LogP contribution in [0.2, 0.25) is 0 Å². The summed E-state index contributed by atoms with van der Waals surface area (Å²) in [5.74, 6) is -0.444. The van der Waals surface area contributed by atoms with Gasteiger partial charge < -0.3 is 9.73 Å². The maximum Gasteiger partial charge on any atom is 0.433 e. The Hall–Kier alpha value is -2.81. The molecule has 1 aromatic heterocycles. The van der Waals surface area contributed by atoms with Gasteiger partial charge in [0, 0.05) is 6.54 Å². The Morgan fingerprint density at radius 2 is 2.09 bits per heavy atom. The monoisotopic (exact) mass is 322 g/mol. The average Bonchev–Trinajstić information content (AvgIpc) is 2.96. The van der Waals surface area contributed by atoms with Crippen molar-refractivity contribution < 1.29 is 13.7 Å². The van der Waals surface area contributed by atoms with Crippen molar-refractivity contribution in [1.29, 1.82) is 0 Å². The summed E-state index contributed by atoms with van der Waals surface area (Å²) in [4.78, 5) is 9.80. The van der Waals surface area contributed by atoms with E-state index < -0.39 is 4.92 Å². The number of hydrogen-bond acceptors (Lipinski definition) is 5. The van der Waals surface area contributed by atoms with E-state index in [2.05, 4.69) is 15.8 Å². The second-order valence-corrected chi connectivity index (χ2v) is 4.52. The molecule has 0 amide bonds. The first-order chi connectivity index (χ1) is 10.5. The van der Waals surface area contributed by atoms with Crippen LogP contribution >= 0.6 is 12.2 Å². The number of thiocarbonyl (C=S) groups is 1. The molecule has 9 heteroatoms. The third kappa shape index (κ3) is 4.63. The highest BCUT2D eigenvalue weighted by atomic mass is 32.1. The summed E-state index contributed by atoms with van der Waals surface area (Å²) in [5, 5.41) is 17.3. The summed E-state index contributed by atoms with van der Waals surface area (Å²) in [6.45, 7) is 0.411. The molecule has 0 saturated heterocycles. The Bertz CT molecular complexity index is 700. The third-order valence-corrected chi connectivity index (χ3v) is 2.75. The van der Waals surface area contributed by atoms with Crippen LogP contribution in [0.3, 0.4) is 0 Å². The van der Waals surface area contributed by atoms with Crippen molar-refractivity contribution in [3.63, 3.8) is 0 Å². The molecule has 22 heavy (non-hydrogen) atoms. The van der Waals surface area contributed by atoms with E-state index in [1.165, 1.54) is 30.5 Å². The van der Waals surface area contributed by atoms with Crippen molar-refractivity contribution in [2.45, 2.75) is 6.54 Å². The van der Waals surface area contributed by atoms with Crippen molar-refractivity contribution in [1.82, 2.24) is 10.7 Å². The molecular formula is C13H11FN4O3S. The predicted octanol–water partition coefficient (Wildman–Crippen LogP) is 2.33. The van der Waals surface area contributed by atoms with Crippen molar-refractivity contribution in [2.75, 3.05) is 0 Å². The lowest BCUT2D eigenvalue weighted by Gasteiger charge is -2.06. The minimum Gasteiger partial charge on any atom is -0.400 e. The van der Waals surface area contributed by atoms with E-state index in [1.807, 2.05) is 0 Å². The number of hydrogen-bond donors (Lipinski definition) is 2. The van der Waals surface area contributed by atoms with E-state index in [-0.39, 0.29) is 22.6 Å². The molecule has 1 heterocycles. The molecule has 2 rings (SSSR count). The zero-order valence-corrected chi connectivity index (χ0v) is 12.0. The molecule has 0 saturated carbocycles. The molecule has 2 N–H and O–H groups in total. The van der Waals surface area contributed by atoms with E-state index in [0.717, 1.165) is 5.56 Å². The van der Waals surface area contributed by atoms with Gasteiger partial charge in [-0.1, -0.05) is 12.1 Å². The first kappa shape index (κ1) is 15.6. The van der Waals surface area contributed by atoms with Gasteiger partial charge in [0.15, 0.2) is 10.9 Å². The Balaban J connectivity index is 1.78. The molecule has 0 atom stereocenters. The first-order valence-electron chi connectivity index (χ1n) is 6.10. The number of benzene rings is 1. The molecule has 114 valence electrons. The van der Waals surface area contributed by atoms with Crippen LogP contribution in [0.25, 0.3) is 0 Å². The lowest BCUT2D eigenvalue weighted by molar-refractivity contribution is -0.402. The Labute approximate surface area is 130 Å². The summed E-state index contributed by atoms with van der Waals surface area (Å²) in [6, 6.07) is 8.63. The molecule has 0 spiro atoms.